The molecule has 1 aliphatic heterocycles. The summed E-state index contributed by atoms with van der Waals surface area (Å²) in [5.41, 5.74) is 0.975. The van der Waals surface area contributed by atoms with Crippen molar-refractivity contribution >= 4 is 5.96 Å². The van der Waals surface area contributed by atoms with Crippen molar-refractivity contribution in [1.29, 1.82) is 0 Å². The first kappa shape index (κ1) is 19.4. The van der Waals surface area contributed by atoms with Crippen molar-refractivity contribution < 1.29 is 14.2 Å². The molecule has 2 N–H and O–H groups in total. The first-order valence-corrected chi connectivity index (χ1v) is 9.06. The highest BCUT2D eigenvalue weighted by atomic mass is 16.5. The molecule has 2 rings (SSSR count). The first-order chi connectivity index (χ1) is 12.1. The average Bonchev–Trinajstić information content (AvgIpc) is 3.05. The summed E-state index contributed by atoms with van der Waals surface area (Å²) in [5, 5.41) is 6.68. The molecule has 0 spiro atoms. The predicted octanol–water partition coefficient (Wildman–Crippen LogP) is 2.72. The van der Waals surface area contributed by atoms with Gasteiger partial charge in [0.25, 0.3) is 0 Å². The zero-order valence-corrected chi connectivity index (χ0v) is 15.9. The summed E-state index contributed by atoms with van der Waals surface area (Å²) in [4.78, 5) is 4.68. The lowest BCUT2D eigenvalue weighted by Crippen LogP contribution is -2.45. The minimum Gasteiger partial charge on any atom is -0.493 e. The Morgan fingerprint density at radius 1 is 1.28 bits per heavy atom. The molecular weight excluding hydrogens is 318 g/mol. The lowest BCUT2D eigenvalue weighted by molar-refractivity contribution is 0.0243. The van der Waals surface area contributed by atoms with E-state index < -0.39 is 0 Å². The Hall–Kier alpha value is -1.95. The van der Waals surface area contributed by atoms with Crippen LogP contribution in [0.3, 0.4) is 0 Å². The number of hydrogen-bond donors (Lipinski definition) is 2. The van der Waals surface area contributed by atoms with Gasteiger partial charge in [-0.1, -0.05) is 6.07 Å². The van der Waals surface area contributed by atoms with E-state index in [0.29, 0.717) is 13.2 Å². The summed E-state index contributed by atoms with van der Waals surface area (Å²) in [6.07, 6.45) is 2.20. The number of guanidine groups is 1. The molecule has 1 heterocycles. The molecule has 1 fully saturated rings. The Morgan fingerprint density at radius 3 is 2.76 bits per heavy atom. The van der Waals surface area contributed by atoms with Crippen molar-refractivity contribution in [3.8, 4) is 11.5 Å². The smallest absolute Gasteiger partial charge is 0.191 e. The van der Waals surface area contributed by atoms with Crippen LogP contribution in [0.15, 0.2) is 23.2 Å². The van der Waals surface area contributed by atoms with Gasteiger partial charge >= 0.3 is 0 Å². The van der Waals surface area contributed by atoms with Gasteiger partial charge < -0.3 is 24.8 Å². The van der Waals surface area contributed by atoms with Crippen molar-refractivity contribution in [2.24, 2.45) is 4.99 Å². The molecule has 6 nitrogen and oxygen atoms in total. The maximum atomic E-state index is 5.82. The van der Waals surface area contributed by atoms with Crippen LogP contribution in [0.25, 0.3) is 0 Å². The molecule has 6 heteroatoms. The number of hydrogen-bond acceptors (Lipinski definition) is 4. The highest BCUT2D eigenvalue weighted by Crippen LogP contribution is 2.28. The average molecular weight is 349 g/mol. The van der Waals surface area contributed by atoms with Crippen molar-refractivity contribution in [1.82, 2.24) is 10.6 Å². The van der Waals surface area contributed by atoms with E-state index in [1.165, 1.54) is 0 Å². The predicted molar refractivity (Wildman–Crippen MR) is 101 cm³/mol. The Balaban J connectivity index is 2.01. The van der Waals surface area contributed by atoms with Crippen molar-refractivity contribution in [3.05, 3.63) is 23.8 Å². The molecule has 1 aromatic carbocycles. The van der Waals surface area contributed by atoms with E-state index in [1.807, 2.05) is 25.1 Å². The number of ether oxygens (including phenoxy) is 3. The zero-order chi connectivity index (χ0) is 18.1. The summed E-state index contributed by atoms with van der Waals surface area (Å²) in [5.74, 6) is 2.29. The lowest BCUT2D eigenvalue weighted by Gasteiger charge is -2.24. The molecular formula is C19H31N3O3. The first-order valence-electron chi connectivity index (χ1n) is 9.06. The second-order valence-corrected chi connectivity index (χ2v) is 6.37. The quantitative estimate of drug-likeness (QED) is 0.558. The third kappa shape index (κ3) is 5.81. The Labute approximate surface area is 151 Å². The van der Waals surface area contributed by atoms with Crippen molar-refractivity contribution in [2.75, 3.05) is 33.4 Å². The topological polar surface area (TPSA) is 64.1 Å². The molecule has 1 atom stereocenters. The fraction of sp³-hybridized carbons (Fsp3) is 0.632. The van der Waals surface area contributed by atoms with E-state index in [0.717, 1.165) is 55.6 Å². The number of benzene rings is 1. The van der Waals surface area contributed by atoms with Crippen LogP contribution in [-0.4, -0.2) is 45.0 Å². The van der Waals surface area contributed by atoms with Crippen LogP contribution in [0.4, 0.5) is 0 Å². The maximum Gasteiger partial charge on any atom is 0.191 e. The van der Waals surface area contributed by atoms with Crippen LogP contribution in [0, 0.1) is 0 Å². The third-order valence-corrected chi connectivity index (χ3v) is 4.22. The van der Waals surface area contributed by atoms with E-state index in [1.54, 1.807) is 7.11 Å². The molecule has 1 aromatic rings. The van der Waals surface area contributed by atoms with Gasteiger partial charge in [-0.05, 0) is 51.3 Å². The molecule has 0 aromatic heterocycles. The molecule has 1 aliphatic rings. The summed E-state index contributed by atoms with van der Waals surface area (Å²) >= 11 is 0. The highest BCUT2D eigenvalue weighted by molar-refractivity contribution is 5.79. The van der Waals surface area contributed by atoms with Crippen molar-refractivity contribution in [2.45, 2.75) is 45.8 Å². The van der Waals surface area contributed by atoms with Crippen LogP contribution < -0.4 is 20.1 Å². The zero-order valence-electron chi connectivity index (χ0n) is 15.9. The van der Waals surface area contributed by atoms with Crippen LogP contribution in [-0.2, 0) is 11.3 Å². The van der Waals surface area contributed by atoms with Gasteiger partial charge in [-0.3, -0.25) is 0 Å². The highest BCUT2D eigenvalue weighted by Gasteiger charge is 2.29. The lowest BCUT2D eigenvalue weighted by atomic mass is 10.0. The molecule has 0 bridgehead atoms. The Bertz CT molecular complexity index is 569. The van der Waals surface area contributed by atoms with E-state index in [9.17, 15) is 0 Å². The molecule has 0 saturated carbocycles. The standard InChI is InChI=1S/C19H31N3O3/c1-5-20-18(22-14-19(3)10-7-11-25-19)21-13-15-8-9-16(23-4)17(12-15)24-6-2/h8-9,12H,5-7,10-11,13-14H2,1-4H3,(H2,20,21,22). The Kier molecular flexibility index (Phi) is 7.37. The van der Waals surface area contributed by atoms with Gasteiger partial charge in [-0.2, -0.15) is 0 Å². The van der Waals surface area contributed by atoms with Gasteiger partial charge in [-0.15, -0.1) is 0 Å². The fourth-order valence-electron chi connectivity index (χ4n) is 2.85. The number of rotatable bonds is 8. The number of nitrogens with zero attached hydrogens (tertiary/aromatic N) is 1. The third-order valence-electron chi connectivity index (χ3n) is 4.22. The molecule has 0 radical (unpaired) electrons. The molecule has 140 valence electrons. The summed E-state index contributed by atoms with van der Waals surface area (Å²) in [7, 11) is 1.65. The fourth-order valence-corrected chi connectivity index (χ4v) is 2.85. The number of aliphatic imine (C=N–C) groups is 1. The van der Waals surface area contributed by atoms with Crippen LogP contribution >= 0.6 is 0 Å². The van der Waals surface area contributed by atoms with Crippen LogP contribution in [0.1, 0.15) is 39.2 Å². The number of nitrogens with one attached hydrogen (secondary N) is 2. The molecule has 0 aliphatic carbocycles. The van der Waals surface area contributed by atoms with Crippen LogP contribution in [0.5, 0.6) is 11.5 Å². The van der Waals surface area contributed by atoms with Gasteiger partial charge in [-0.25, -0.2) is 4.99 Å². The number of methoxy groups -OCH3 is 1. The van der Waals surface area contributed by atoms with Crippen molar-refractivity contribution in [3.63, 3.8) is 0 Å². The molecule has 1 saturated heterocycles. The van der Waals surface area contributed by atoms with E-state index in [4.69, 9.17) is 14.2 Å². The van der Waals surface area contributed by atoms with Gasteiger partial charge in [0.15, 0.2) is 17.5 Å². The SMILES string of the molecule is CCNC(=NCc1ccc(OC)c(OCC)c1)NCC1(C)CCCO1. The molecule has 0 amide bonds. The summed E-state index contributed by atoms with van der Waals surface area (Å²) in [6.45, 7) is 9.76. The monoisotopic (exact) mass is 349 g/mol. The van der Waals surface area contributed by atoms with Gasteiger partial charge in [0, 0.05) is 19.7 Å². The minimum atomic E-state index is -0.0988. The van der Waals surface area contributed by atoms with Gasteiger partial charge in [0.05, 0.1) is 25.9 Å². The van der Waals surface area contributed by atoms with E-state index in [-0.39, 0.29) is 5.60 Å². The Morgan fingerprint density at radius 2 is 2.12 bits per heavy atom. The minimum absolute atomic E-state index is 0.0988. The van der Waals surface area contributed by atoms with E-state index in [2.05, 4.69) is 29.5 Å². The largest absolute Gasteiger partial charge is 0.493 e. The summed E-state index contributed by atoms with van der Waals surface area (Å²) in [6, 6.07) is 5.91. The van der Waals surface area contributed by atoms with Crippen LogP contribution in [0.2, 0.25) is 0 Å². The van der Waals surface area contributed by atoms with E-state index >= 15 is 0 Å². The molecule has 25 heavy (non-hydrogen) atoms. The normalized spacial score (nSPS) is 20.4. The molecule has 1 unspecified atom stereocenters. The second kappa shape index (κ2) is 9.51. The second-order valence-electron chi connectivity index (χ2n) is 6.37. The van der Waals surface area contributed by atoms with Gasteiger partial charge in [0.1, 0.15) is 0 Å². The summed E-state index contributed by atoms with van der Waals surface area (Å²) < 4.78 is 16.8. The maximum absolute atomic E-state index is 5.82. The van der Waals surface area contributed by atoms with Gasteiger partial charge in [0.2, 0.25) is 0 Å².